The summed E-state index contributed by atoms with van der Waals surface area (Å²) in [6.45, 7) is 2.65. The van der Waals surface area contributed by atoms with Crippen LogP contribution in [-0.4, -0.2) is 35.7 Å². The molecule has 4 rings (SSSR count). The van der Waals surface area contributed by atoms with Gasteiger partial charge in [0.05, 0.1) is 0 Å². The van der Waals surface area contributed by atoms with E-state index in [0.717, 1.165) is 31.5 Å². The highest BCUT2D eigenvalue weighted by atomic mass is 16.5. The van der Waals surface area contributed by atoms with Gasteiger partial charge in [-0.1, -0.05) is 35.5 Å². The number of pyridine rings is 1. The Labute approximate surface area is 158 Å². The van der Waals surface area contributed by atoms with Gasteiger partial charge in [-0.25, -0.2) is 0 Å². The molecule has 0 atom stereocenters. The second kappa shape index (κ2) is 8.03. The van der Waals surface area contributed by atoms with Gasteiger partial charge in [0.25, 0.3) is 5.91 Å². The number of hydrogen-bond acceptors (Lipinski definition) is 5. The minimum atomic E-state index is -0.183. The summed E-state index contributed by atoms with van der Waals surface area (Å²) in [5.74, 6) is 0.899. The molecule has 1 fully saturated rings. The maximum Gasteiger partial charge on any atom is 0.273 e. The van der Waals surface area contributed by atoms with Crippen LogP contribution in [0.2, 0.25) is 0 Å². The molecule has 0 radical (unpaired) electrons. The van der Waals surface area contributed by atoms with Gasteiger partial charge in [0.15, 0.2) is 11.5 Å². The molecule has 27 heavy (non-hydrogen) atoms. The second-order valence-electron chi connectivity index (χ2n) is 6.79. The highest BCUT2D eigenvalue weighted by molar-refractivity contribution is 5.93. The average molecular weight is 362 g/mol. The van der Waals surface area contributed by atoms with Gasteiger partial charge in [-0.15, -0.1) is 0 Å². The summed E-state index contributed by atoms with van der Waals surface area (Å²) in [4.78, 5) is 18.8. The van der Waals surface area contributed by atoms with E-state index in [-0.39, 0.29) is 5.91 Å². The number of nitrogens with one attached hydrogen (secondary N) is 1. The van der Waals surface area contributed by atoms with Crippen molar-refractivity contribution >= 4 is 11.6 Å². The van der Waals surface area contributed by atoms with Crippen molar-refractivity contribution < 1.29 is 9.32 Å². The van der Waals surface area contributed by atoms with Crippen LogP contribution in [0.1, 0.15) is 23.3 Å². The van der Waals surface area contributed by atoms with E-state index in [4.69, 9.17) is 4.52 Å². The molecule has 0 saturated carbocycles. The Balaban J connectivity index is 1.27. The molecule has 6 heteroatoms. The van der Waals surface area contributed by atoms with E-state index in [2.05, 4.69) is 20.4 Å². The largest absolute Gasteiger partial charge is 0.371 e. The van der Waals surface area contributed by atoms with Crippen molar-refractivity contribution in [1.29, 1.82) is 0 Å². The van der Waals surface area contributed by atoms with E-state index in [1.807, 2.05) is 54.9 Å². The number of anilines is 1. The topological polar surface area (TPSA) is 71.3 Å². The normalized spacial score (nSPS) is 14.9. The van der Waals surface area contributed by atoms with E-state index >= 15 is 0 Å². The van der Waals surface area contributed by atoms with Gasteiger partial charge >= 0.3 is 0 Å². The number of benzene rings is 1. The maximum atomic E-state index is 12.4. The molecule has 0 bridgehead atoms. The van der Waals surface area contributed by atoms with Crippen molar-refractivity contribution in [2.75, 3.05) is 24.5 Å². The molecule has 1 N–H and O–H groups in total. The van der Waals surface area contributed by atoms with Crippen molar-refractivity contribution in [2.45, 2.75) is 12.8 Å². The molecule has 1 aliphatic rings. The van der Waals surface area contributed by atoms with Crippen molar-refractivity contribution in [3.63, 3.8) is 0 Å². The standard InChI is InChI=1S/C21H22N4O2/c26-21(19-14-20(27-24-19)17-4-2-1-3-5-17)23-15-16-8-12-25(13-9-16)18-6-10-22-11-7-18/h1-7,10-11,14,16H,8-9,12-13,15H2,(H,23,26). The lowest BCUT2D eigenvalue weighted by Crippen LogP contribution is -2.38. The molecular formula is C21H22N4O2. The molecule has 1 amide bonds. The first-order valence-corrected chi connectivity index (χ1v) is 9.25. The maximum absolute atomic E-state index is 12.4. The third kappa shape index (κ3) is 4.16. The molecule has 1 saturated heterocycles. The molecule has 0 unspecified atom stereocenters. The molecule has 0 aliphatic carbocycles. The summed E-state index contributed by atoms with van der Waals surface area (Å²) in [5, 5.41) is 6.90. The van der Waals surface area contributed by atoms with Crippen molar-refractivity contribution in [1.82, 2.24) is 15.5 Å². The summed E-state index contributed by atoms with van der Waals surface area (Å²) in [5.41, 5.74) is 2.44. The number of aromatic nitrogens is 2. The van der Waals surface area contributed by atoms with Crippen LogP contribution in [0.25, 0.3) is 11.3 Å². The van der Waals surface area contributed by atoms with Gasteiger partial charge < -0.3 is 14.7 Å². The van der Waals surface area contributed by atoms with Crippen LogP contribution in [-0.2, 0) is 0 Å². The second-order valence-corrected chi connectivity index (χ2v) is 6.79. The molecule has 1 aromatic carbocycles. The number of nitrogens with zero attached hydrogens (tertiary/aromatic N) is 3. The Hall–Kier alpha value is -3.15. The van der Waals surface area contributed by atoms with Crippen LogP contribution in [0.4, 0.5) is 5.69 Å². The van der Waals surface area contributed by atoms with Crippen molar-refractivity contribution in [3.8, 4) is 11.3 Å². The molecule has 3 heterocycles. The predicted molar refractivity (Wildman–Crippen MR) is 103 cm³/mol. The first kappa shape index (κ1) is 17.3. The Bertz CT molecular complexity index is 871. The lowest BCUT2D eigenvalue weighted by Gasteiger charge is -2.33. The number of hydrogen-bond donors (Lipinski definition) is 1. The SMILES string of the molecule is O=C(NCC1CCN(c2ccncc2)CC1)c1cc(-c2ccccc2)on1. The van der Waals surface area contributed by atoms with E-state index in [0.29, 0.717) is 23.9 Å². The number of rotatable bonds is 5. The molecule has 138 valence electrons. The number of carbonyl (C=O) groups is 1. The summed E-state index contributed by atoms with van der Waals surface area (Å²) in [7, 11) is 0. The minimum absolute atomic E-state index is 0.183. The van der Waals surface area contributed by atoms with Gasteiger partial charge in [0, 0.05) is 49.3 Å². The highest BCUT2D eigenvalue weighted by Gasteiger charge is 2.21. The van der Waals surface area contributed by atoms with Gasteiger partial charge in [-0.3, -0.25) is 9.78 Å². The van der Waals surface area contributed by atoms with Gasteiger partial charge in [0.1, 0.15) is 0 Å². The zero-order valence-corrected chi connectivity index (χ0v) is 15.0. The number of carbonyl (C=O) groups excluding carboxylic acids is 1. The highest BCUT2D eigenvalue weighted by Crippen LogP contribution is 2.23. The number of amides is 1. The lowest BCUT2D eigenvalue weighted by molar-refractivity contribution is 0.0936. The van der Waals surface area contributed by atoms with E-state index in [1.165, 1.54) is 5.69 Å². The Kier molecular flexibility index (Phi) is 5.14. The van der Waals surface area contributed by atoms with Crippen LogP contribution >= 0.6 is 0 Å². The lowest BCUT2D eigenvalue weighted by atomic mass is 9.96. The fraction of sp³-hybridized carbons (Fsp3) is 0.286. The minimum Gasteiger partial charge on any atom is -0.371 e. The summed E-state index contributed by atoms with van der Waals surface area (Å²) in [6, 6.07) is 15.4. The van der Waals surface area contributed by atoms with Crippen LogP contribution in [0.3, 0.4) is 0 Å². The number of piperidine rings is 1. The fourth-order valence-corrected chi connectivity index (χ4v) is 3.40. The Morgan fingerprint density at radius 2 is 1.85 bits per heavy atom. The van der Waals surface area contributed by atoms with E-state index in [9.17, 15) is 4.79 Å². The Morgan fingerprint density at radius 1 is 1.11 bits per heavy atom. The van der Waals surface area contributed by atoms with Crippen molar-refractivity contribution in [3.05, 3.63) is 66.6 Å². The smallest absolute Gasteiger partial charge is 0.273 e. The van der Waals surface area contributed by atoms with Crippen LogP contribution in [0.15, 0.2) is 65.4 Å². The molecular weight excluding hydrogens is 340 g/mol. The zero-order chi connectivity index (χ0) is 18.5. The quantitative estimate of drug-likeness (QED) is 0.753. The molecule has 3 aromatic rings. The third-order valence-electron chi connectivity index (χ3n) is 4.99. The molecule has 0 spiro atoms. The summed E-state index contributed by atoms with van der Waals surface area (Å²) >= 11 is 0. The zero-order valence-electron chi connectivity index (χ0n) is 15.0. The van der Waals surface area contributed by atoms with E-state index < -0.39 is 0 Å². The predicted octanol–water partition coefficient (Wildman–Crippen LogP) is 3.38. The van der Waals surface area contributed by atoms with Crippen LogP contribution < -0.4 is 10.2 Å². The fourth-order valence-electron chi connectivity index (χ4n) is 3.40. The van der Waals surface area contributed by atoms with Crippen molar-refractivity contribution in [2.24, 2.45) is 5.92 Å². The van der Waals surface area contributed by atoms with E-state index in [1.54, 1.807) is 6.07 Å². The van der Waals surface area contributed by atoms with Gasteiger partial charge in [0.2, 0.25) is 0 Å². The van der Waals surface area contributed by atoms with Gasteiger partial charge in [-0.05, 0) is 30.9 Å². The molecule has 1 aliphatic heterocycles. The average Bonchev–Trinajstić information content (AvgIpc) is 3.24. The van der Waals surface area contributed by atoms with Gasteiger partial charge in [-0.2, -0.15) is 0 Å². The summed E-state index contributed by atoms with van der Waals surface area (Å²) in [6.07, 6.45) is 5.75. The first-order chi connectivity index (χ1) is 13.3. The van der Waals surface area contributed by atoms with Crippen LogP contribution in [0, 0.1) is 5.92 Å². The van der Waals surface area contributed by atoms with Crippen LogP contribution in [0.5, 0.6) is 0 Å². The molecule has 6 nitrogen and oxygen atoms in total. The first-order valence-electron chi connectivity index (χ1n) is 9.25. The monoisotopic (exact) mass is 362 g/mol. The molecule has 2 aromatic heterocycles. The summed E-state index contributed by atoms with van der Waals surface area (Å²) < 4.78 is 5.30. The Morgan fingerprint density at radius 3 is 2.59 bits per heavy atom. The third-order valence-corrected chi connectivity index (χ3v) is 4.99.